The van der Waals surface area contributed by atoms with E-state index in [1.54, 1.807) is 30.3 Å². The maximum Gasteiger partial charge on any atom is 0.261 e. The zero-order chi connectivity index (χ0) is 20.1. The quantitative estimate of drug-likeness (QED) is 0.817. The van der Waals surface area contributed by atoms with Gasteiger partial charge in [-0.15, -0.1) is 0 Å². The Kier molecular flexibility index (Phi) is 4.70. The molecule has 5 nitrogen and oxygen atoms in total. The van der Waals surface area contributed by atoms with Gasteiger partial charge < -0.3 is 4.90 Å². The number of benzene rings is 2. The minimum atomic E-state index is -3.68. The number of nitrogens with one attached hydrogen (secondary N) is 1. The van der Waals surface area contributed by atoms with E-state index in [-0.39, 0.29) is 22.8 Å². The van der Waals surface area contributed by atoms with Crippen molar-refractivity contribution in [2.24, 2.45) is 5.92 Å². The lowest BCUT2D eigenvalue weighted by Gasteiger charge is -2.22. The summed E-state index contributed by atoms with van der Waals surface area (Å²) < 4.78 is 28.3. The van der Waals surface area contributed by atoms with Crippen LogP contribution in [-0.4, -0.2) is 20.4 Å². The number of sulfonamides is 1. The highest BCUT2D eigenvalue weighted by Gasteiger charge is 2.39. The van der Waals surface area contributed by atoms with Gasteiger partial charge in [0.05, 0.1) is 4.90 Å². The van der Waals surface area contributed by atoms with Crippen LogP contribution >= 0.6 is 0 Å². The van der Waals surface area contributed by atoms with E-state index < -0.39 is 10.0 Å². The molecule has 0 spiro atoms. The molecule has 28 heavy (non-hydrogen) atoms. The highest BCUT2D eigenvalue weighted by Crippen LogP contribution is 2.39. The highest BCUT2D eigenvalue weighted by atomic mass is 32.2. The van der Waals surface area contributed by atoms with Crippen LogP contribution in [0.1, 0.15) is 50.7 Å². The molecule has 1 amide bonds. The average Bonchev–Trinajstić information content (AvgIpc) is 3.43. The Hall–Kier alpha value is -2.34. The number of hydrogen-bond donors (Lipinski definition) is 1. The molecule has 1 atom stereocenters. The highest BCUT2D eigenvalue weighted by molar-refractivity contribution is 7.92. The molecule has 2 aromatic rings. The van der Waals surface area contributed by atoms with Gasteiger partial charge in [-0.05, 0) is 73.6 Å². The summed E-state index contributed by atoms with van der Waals surface area (Å²) in [7, 11) is -3.68. The third-order valence-electron chi connectivity index (χ3n) is 5.57. The molecule has 1 heterocycles. The summed E-state index contributed by atoms with van der Waals surface area (Å²) in [6, 6.07) is 12.6. The number of fused-ring (bicyclic) bond motifs is 1. The normalized spacial score (nSPS) is 19.0. The molecule has 2 aromatic carbocycles. The number of hydrogen-bond acceptors (Lipinski definition) is 3. The van der Waals surface area contributed by atoms with Gasteiger partial charge >= 0.3 is 0 Å². The molecule has 2 aliphatic rings. The Morgan fingerprint density at radius 3 is 2.39 bits per heavy atom. The Balaban J connectivity index is 1.57. The second-order valence-corrected chi connectivity index (χ2v) is 9.89. The molecule has 6 heteroatoms. The summed E-state index contributed by atoms with van der Waals surface area (Å²) in [5.74, 6) is 0.711. The molecule has 1 aliphatic heterocycles. The molecule has 0 saturated heterocycles. The fraction of sp³-hybridized carbons (Fsp3) is 0.409. The summed E-state index contributed by atoms with van der Waals surface area (Å²) in [4.78, 5) is 14.7. The Morgan fingerprint density at radius 1 is 1.11 bits per heavy atom. The summed E-state index contributed by atoms with van der Waals surface area (Å²) in [6.07, 6.45) is 2.60. The van der Waals surface area contributed by atoms with Crippen molar-refractivity contribution >= 4 is 27.3 Å². The van der Waals surface area contributed by atoms with Crippen molar-refractivity contribution < 1.29 is 13.2 Å². The first-order valence-corrected chi connectivity index (χ1v) is 11.3. The van der Waals surface area contributed by atoms with E-state index in [1.165, 1.54) is 0 Å². The second kappa shape index (κ2) is 6.92. The average molecular weight is 399 g/mol. The van der Waals surface area contributed by atoms with E-state index >= 15 is 0 Å². The molecule has 1 saturated carbocycles. The lowest BCUT2D eigenvalue weighted by atomic mass is 10.0. The van der Waals surface area contributed by atoms with Gasteiger partial charge in [-0.1, -0.05) is 26.0 Å². The van der Waals surface area contributed by atoms with E-state index in [9.17, 15) is 13.2 Å². The fourth-order valence-electron chi connectivity index (χ4n) is 3.79. The first-order chi connectivity index (χ1) is 13.3. The zero-order valence-corrected chi connectivity index (χ0v) is 17.3. The van der Waals surface area contributed by atoms with Crippen LogP contribution in [0.5, 0.6) is 0 Å². The van der Waals surface area contributed by atoms with Crippen LogP contribution in [0.3, 0.4) is 0 Å². The lowest BCUT2D eigenvalue weighted by molar-refractivity contribution is -0.120. The minimum Gasteiger partial charge on any atom is -0.309 e. The summed E-state index contributed by atoms with van der Waals surface area (Å²) in [5, 5.41) is 0. The molecule has 0 unspecified atom stereocenters. The number of nitrogens with zero attached hydrogens (tertiary/aromatic N) is 1. The van der Waals surface area contributed by atoms with Gasteiger partial charge in [-0.3, -0.25) is 9.52 Å². The van der Waals surface area contributed by atoms with Crippen LogP contribution in [0.15, 0.2) is 47.4 Å². The van der Waals surface area contributed by atoms with Gasteiger partial charge in [-0.2, -0.15) is 0 Å². The van der Waals surface area contributed by atoms with Crippen LogP contribution in [0, 0.1) is 5.92 Å². The van der Waals surface area contributed by atoms with Crippen molar-refractivity contribution in [1.82, 2.24) is 0 Å². The van der Waals surface area contributed by atoms with Crippen molar-refractivity contribution in [2.45, 2.75) is 56.9 Å². The molecule has 0 aromatic heterocycles. The molecule has 0 radical (unpaired) electrons. The number of amides is 1. The van der Waals surface area contributed by atoms with Crippen molar-refractivity contribution in [3.05, 3.63) is 53.6 Å². The maximum absolute atomic E-state index is 12.8. The van der Waals surface area contributed by atoms with Gasteiger partial charge in [0.1, 0.15) is 0 Å². The van der Waals surface area contributed by atoms with Crippen LogP contribution in [0.4, 0.5) is 11.4 Å². The summed E-state index contributed by atoms with van der Waals surface area (Å²) >= 11 is 0. The van der Waals surface area contributed by atoms with Gasteiger partial charge in [0.25, 0.3) is 10.0 Å². The molecule has 148 valence electrons. The van der Waals surface area contributed by atoms with Gasteiger partial charge in [0.2, 0.25) is 5.91 Å². The zero-order valence-electron chi connectivity index (χ0n) is 16.5. The largest absolute Gasteiger partial charge is 0.309 e. The molecule has 1 N–H and O–H groups in total. The van der Waals surface area contributed by atoms with E-state index in [0.717, 1.165) is 29.7 Å². The smallest absolute Gasteiger partial charge is 0.261 e. The van der Waals surface area contributed by atoms with E-state index in [1.807, 2.05) is 24.0 Å². The summed E-state index contributed by atoms with van der Waals surface area (Å²) in [5.41, 5.74) is 3.47. The molecule has 1 aliphatic carbocycles. The van der Waals surface area contributed by atoms with E-state index in [2.05, 4.69) is 18.6 Å². The molecule has 4 rings (SSSR count). The minimum absolute atomic E-state index is 0.0672. The lowest BCUT2D eigenvalue weighted by Crippen LogP contribution is -2.36. The van der Waals surface area contributed by atoms with Crippen LogP contribution in [-0.2, 0) is 21.2 Å². The van der Waals surface area contributed by atoms with Crippen LogP contribution < -0.4 is 9.62 Å². The van der Waals surface area contributed by atoms with E-state index in [0.29, 0.717) is 18.0 Å². The van der Waals surface area contributed by atoms with Gasteiger partial charge in [0, 0.05) is 23.3 Å². The predicted molar refractivity (Wildman–Crippen MR) is 111 cm³/mol. The third-order valence-corrected chi connectivity index (χ3v) is 6.95. The monoisotopic (exact) mass is 398 g/mol. The Morgan fingerprint density at radius 2 is 1.79 bits per heavy atom. The first-order valence-electron chi connectivity index (χ1n) is 9.85. The van der Waals surface area contributed by atoms with Crippen LogP contribution in [0.25, 0.3) is 0 Å². The maximum atomic E-state index is 12.8. The van der Waals surface area contributed by atoms with Crippen molar-refractivity contribution in [1.29, 1.82) is 0 Å². The number of rotatable bonds is 5. The SMILES string of the molecule is CC(C)c1ccc(NS(=O)(=O)c2ccc3c(c2)C[C@H](C)N3C(=O)C2CC2)cc1. The second-order valence-electron chi connectivity index (χ2n) is 8.21. The predicted octanol–water partition coefficient (Wildman–Crippen LogP) is 4.30. The number of carbonyl (C=O) groups is 1. The standard InChI is InChI=1S/C22H26N2O3S/c1-14(2)16-6-8-19(9-7-16)23-28(26,27)20-10-11-21-18(13-20)12-15(3)24(21)22(25)17-4-5-17/h6-11,13-15,17,23H,4-5,12H2,1-3H3/t15-/m0/s1. The fourth-order valence-corrected chi connectivity index (χ4v) is 4.90. The van der Waals surface area contributed by atoms with Crippen molar-refractivity contribution in [3.63, 3.8) is 0 Å². The van der Waals surface area contributed by atoms with Gasteiger partial charge in [-0.25, -0.2) is 8.42 Å². The number of carbonyl (C=O) groups excluding carboxylic acids is 1. The number of anilines is 2. The van der Waals surface area contributed by atoms with Crippen molar-refractivity contribution in [3.8, 4) is 0 Å². The van der Waals surface area contributed by atoms with Gasteiger partial charge in [0.15, 0.2) is 0 Å². The molecule has 1 fully saturated rings. The third kappa shape index (κ3) is 3.53. The van der Waals surface area contributed by atoms with Crippen molar-refractivity contribution in [2.75, 3.05) is 9.62 Å². The van der Waals surface area contributed by atoms with E-state index in [4.69, 9.17) is 0 Å². The first kappa shape index (κ1) is 19.0. The molecular formula is C22H26N2O3S. The topological polar surface area (TPSA) is 66.5 Å². The molecule has 0 bridgehead atoms. The Labute approximate surface area is 166 Å². The Bertz CT molecular complexity index is 1010. The molecular weight excluding hydrogens is 372 g/mol. The summed E-state index contributed by atoms with van der Waals surface area (Å²) in [6.45, 7) is 6.22. The van der Waals surface area contributed by atoms with Crippen LogP contribution in [0.2, 0.25) is 0 Å².